The third-order valence-corrected chi connectivity index (χ3v) is 4.50. The van der Waals surface area contributed by atoms with Gasteiger partial charge in [-0.15, -0.1) is 0 Å². The van der Waals surface area contributed by atoms with E-state index in [9.17, 15) is 9.90 Å². The van der Waals surface area contributed by atoms with Crippen LogP contribution in [0.3, 0.4) is 0 Å². The maximum atomic E-state index is 11.6. The molecule has 0 radical (unpaired) electrons. The van der Waals surface area contributed by atoms with Gasteiger partial charge in [-0.25, -0.2) is 0 Å². The second-order valence-electron chi connectivity index (χ2n) is 6.71. The van der Waals surface area contributed by atoms with Crippen molar-refractivity contribution in [2.24, 2.45) is 5.41 Å². The SMILES string of the molecule is CC1(C)CCC(NC2CCCCC2)(C(=O)O)C1. The molecule has 0 bridgehead atoms. The lowest BCUT2D eigenvalue weighted by molar-refractivity contribution is -0.145. The van der Waals surface area contributed by atoms with E-state index in [-0.39, 0.29) is 5.41 Å². The lowest BCUT2D eigenvalue weighted by atomic mass is 9.86. The number of hydrogen-bond donors (Lipinski definition) is 2. The summed E-state index contributed by atoms with van der Waals surface area (Å²) in [5.41, 5.74) is -0.481. The second kappa shape index (κ2) is 4.60. The van der Waals surface area contributed by atoms with Gasteiger partial charge in [-0.05, 0) is 37.5 Å². The van der Waals surface area contributed by atoms with E-state index < -0.39 is 11.5 Å². The van der Waals surface area contributed by atoms with Gasteiger partial charge in [0.15, 0.2) is 0 Å². The Bertz CT molecular complexity index is 295. The fourth-order valence-corrected chi connectivity index (χ4v) is 3.55. The molecule has 0 spiro atoms. The van der Waals surface area contributed by atoms with E-state index >= 15 is 0 Å². The number of aliphatic carboxylic acids is 1. The van der Waals surface area contributed by atoms with E-state index in [0.717, 1.165) is 32.1 Å². The molecule has 3 heteroatoms. The van der Waals surface area contributed by atoms with Crippen LogP contribution in [0.5, 0.6) is 0 Å². The zero-order valence-corrected chi connectivity index (χ0v) is 11.1. The van der Waals surface area contributed by atoms with Crippen molar-refractivity contribution in [3.05, 3.63) is 0 Å². The summed E-state index contributed by atoms with van der Waals surface area (Å²) in [7, 11) is 0. The van der Waals surface area contributed by atoms with Crippen LogP contribution >= 0.6 is 0 Å². The minimum Gasteiger partial charge on any atom is -0.480 e. The Morgan fingerprint density at radius 2 is 1.82 bits per heavy atom. The molecule has 98 valence electrons. The minimum absolute atomic E-state index is 0.167. The standard InChI is InChI=1S/C14H25NO2/c1-13(2)8-9-14(10-13,12(16)17)15-11-6-4-3-5-7-11/h11,15H,3-10H2,1-2H3,(H,16,17). The van der Waals surface area contributed by atoms with Gasteiger partial charge in [-0.1, -0.05) is 33.1 Å². The van der Waals surface area contributed by atoms with Crippen LogP contribution in [0.25, 0.3) is 0 Å². The van der Waals surface area contributed by atoms with Crippen LogP contribution in [0.2, 0.25) is 0 Å². The van der Waals surface area contributed by atoms with Gasteiger partial charge < -0.3 is 5.11 Å². The minimum atomic E-state index is -0.647. The number of hydrogen-bond acceptors (Lipinski definition) is 2. The predicted molar refractivity (Wildman–Crippen MR) is 68.0 cm³/mol. The van der Waals surface area contributed by atoms with E-state index in [2.05, 4.69) is 19.2 Å². The maximum Gasteiger partial charge on any atom is 0.323 e. The number of carbonyl (C=O) groups is 1. The summed E-state index contributed by atoms with van der Waals surface area (Å²) in [6.07, 6.45) is 8.67. The highest BCUT2D eigenvalue weighted by atomic mass is 16.4. The fraction of sp³-hybridized carbons (Fsp3) is 0.929. The van der Waals surface area contributed by atoms with Crippen LogP contribution in [0, 0.1) is 5.41 Å². The third-order valence-electron chi connectivity index (χ3n) is 4.50. The van der Waals surface area contributed by atoms with Crippen LogP contribution in [0.1, 0.15) is 65.2 Å². The predicted octanol–water partition coefficient (Wildman–Crippen LogP) is 2.94. The van der Waals surface area contributed by atoms with Gasteiger partial charge in [0.05, 0.1) is 0 Å². The molecule has 3 nitrogen and oxygen atoms in total. The highest BCUT2D eigenvalue weighted by Gasteiger charge is 2.49. The fourth-order valence-electron chi connectivity index (χ4n) is 3.55. The van der Waals surface area contributed by atoms with Crippen molar-refractivity contribution in [1.82, 2.24) is 5.32 Å². The second-order valence-corrected chi connectivity index (χ2v) is 6.71. The molecule has 0 aromatic rings. The monoisotopic (exact) mass is 239 g/mol. The van der Waals surface area contributed by atoms with E-state index in [4.69, 9.17) is 0 Å². The average Bonchev–Trinajstić information content (AvgIpc) is 2.57. The van der Waals surface area contributed by atoms with Crippen LogP contribution in [-0.2, 0) is 4.79 Å². The molecule has 0 aromatic carbocycles. The van der Waals surface area contributed by atoms with E-state index in [1.807, 2.05) is 0 Å². The lowest BCUT2D eigenvalue weighted by Crippen LogP contribution is -2.55. The molecular weight excluding hydrogens is 214 g/mol. The smallest absolute Gasteiger partial charge is 0.323 e. The zero-order valence-electron chi connectivity index (χ0n) is 11.1. The van der Waals surface area contributed by atoms with Crippen LogP contribution < -0.4 is 5.32 Å². The number of carboxylic acid groups (broad SMARTS) is 1. The highest BCUT2D eigenvalue weighted by molar-refractivity contribution is 5.79. The lowest BCUT2D eigenvalue weighted by Gasteiger charge is -2.34. The van der Waals surface area contributed by atoms with Crippen molar-refractivity contribution in [3.63, 3.8) is 0 Å². The molecule has 2 fully saturated rings. The Morgan fingerprint density at radius 1 is 1.18 bits per heavy atom. The number of carboxylic acids is 1. The molecule has 17 heavy (non-hydrogen) atoms. The summed E-state index contributed by atoms with van der Waals surface area (Å²) in [5, 5.41) is 13.1. The molecule has 2 aliphatic rings. The Kier molecular flexibility index (Phi) is 3.48. The number of nitrogens with one attached hydrogen (secondary N) is 1. The molecule has 0 aromatic heterocycles. The summed E-state index contributed by atoms with van der Waals surface area (Å²) in [5.74, 6) is -0.645. The molecule has 0 aliphatic heterocycles. The Hall–Kier alpha value is -0.570. The van der Waals surface area contributed by atoms with Crippen molar-refractivity contribution in [2.45, 2.75) is 76.8 Å². The van der Waals surface area contributed by atoms with Gasteiger partial charge in [0.2, 0.25) is 0 Å². The van der Waals surface area contributed by atoms with Gasteiger partial charge in [0, 0.05) is 6.04 Å². The first-order valence-corrected chi connectivity index (χ1v) is 6.95. The molecule has 2 rings (SSSR count). The van der Waals surface area contributed by atoms with E-state index in [1.165, 1.54) is 19.3 Å². The van der Waals surface area contributed by atoms with E-state index in [1.54, 1.807) is 0 Å². The Labute approximate surface area is 104 Å². The van der Waals surface area contributed by atoms with E-state index in [0.29, 0.717) is 6.04 Å². The largest absolute Gasteiger partial charge is 0.480 e. The molecule has 1 atom stereocenters. The quantitative estimate of drug-likeness (QED) is 0.796. The summed E-state index contributed by atoms with van der Waals surface area (Å²) in [6, 6.07) is 0.425. The number of rotatable bonds is 3. The molecule has 1 unspecified atom stereocenters. The van der Waals surface area contributed by atoms with Gasteiger partial charge in [-0.3, -0.25) is 10.1 Å². The van der Waals surface area contributed by atoms with Crippen LogP contribution in [0.15, 0.2) is 0 Å². The molecule has 0 amide bonds. The molecular formula is C14H25NO2. The summed E-state index contributed by atoms with van der Waals surface area (Å²) >= 11 is 0. The van der Waals surface area contributed by atoms with Crippen molar-refractivity contribution in [1.29, 1.82) is 0 Å². The maximum absolute atomic E-state index is 11.6. The zero-order chi connectivity index (χ0) is 12.5. The first-order valence-electron chi connectivity index (χ1n) is 6.95. The van der Waals surface area contributed by atoms with Crippen molar-refractivity contribution in [2.75, 3.05) is 0 Å². The van der Waals surface area contributed by atoms with Gasteiger partial charge in [-0.2, -0.15) is 0 Å². The average molecular weight is 239 g/mol. The Morgan fingerprint density at radius 3 is 2.29 bits per heavy atom. The summed E-state index contributed by atoms with van der Waals surface area (Å²) < 4.78 is 0. The van der Waals surface area contributed by atoms with Gasteiger partial charge in [0.1, 0.15) is 5.54 Å². The topological polar surface area (TPSA) is 49.3 Å². The molecule has 2 N–H and O–H groups in total. The normalized spacial score (nSPS) is 33.8. The van der Waals surface area contributed by atoms with Gasteiger partial charge in [0.25, 0.3) is 0 Å². The van der Waals surface area contributed by atoms with Crippen LogP contribution in [-0.4, -0.2) is 22.7 Å². The molecule has 0 heterocycles. The van der Waals surface area contributed by atoms with Crippen molar-refractivity contribution in [3.8, 4) is 0 Å². The highest BCUT2D eigenvalue weighted by Crippen LogP contribution is 2.44. The third kappa shape index (κ3) is 2.82. The molecule has 2 aliphatic carbocycles. The first-order chi connectivity index (χ1) is 7.94. The summed E-state index contributed by atoms with van der Waals surface area (Å²) in [4.78, 5) is 11.6. The van der Waals surface area contributed by atoms with Crippen molar-refractivity contribution < 1.29 is 9.90 Å². The Balaban J connectivity index is 2.05. The van der Waals surface area contributed by atoms with Crippen molar-refractivity contribution >= 4 is 5.97 Å². The first kappa shape index (κ1) is 12.9. The van der Waals surface area contributed by atoms with Crippen LogP contribution in [0.4, 0.5) is 0 Å². The van der Waals surface area contributed by atoms with Gasteiger partial charge >= 0.3 is 5.97 Å². The molecule has 2 saturated carbocycles. The molecule has 0 saturated heterocycles. The summed E-state index contributed by atoms with van der Waals surface area (Å²) in [6.45, 7) is 4.36.